The van der Waals surface area contributed by atoms with Crippen molar-refractivity contribution in [1.82, 2.24) is 44.5 Å². The lowest BCUT2D eigenvalue weighted by atomic mass is 9.93. The fourth-order valence-corrected chi connectivity index (χ4v) is 5.45. The predicted molar refractivity (Wildman–Crippen MR) is 140 cm³/mol. The maximum atomic E-state index is 15.8. The van der Waals surface area contributed by atoms with Crippen molar-refractivity contribution in [3.8, 4) is 0 Å². The molecule has 7 N–H and O–H groups in total. The lowest BCUT2D eigenvalue weighted by Gasteiger charge is -2.22. The van der Waals surface area contributed by atoms with E-state index < -0.39 is 54.9 Å². The number of imidazole rings is 1. The van der Waals surface area contributed by atoms with Gasteiger partial charge in [-0.2, -0.15) is 9.67 Å². The first-order valence-electron chi connectivity index (χ1n) is 12.7. The summed E-state index contributed by atoms with van der Waals surface area (Å²) in [5.41, 5.74) is 11.4. The first kappa shape index (κ1) is 28.6. The highest BCUT2D eigenvalue weighted by Gasteiger charge is 2.47. The topological polar surface area (TPSA) is 259 Å². The first-order valence-corrected chi connectivity index (χ1v) is 13.2. The van der Waals surface area contributed by atoms with Crippen LogP contribution in [0, 0.1) is 5.92 Å². The van der Waals surface area contributed by atoms with Gasteiger partial charge in [0.1, 0.15) is 17.9 Å². The van der Waals surface area contributed by atoms with E-state index >= 15 is 4.39 Å². The molecule has 0 aliphatic carbocycles. The van der Waals surface area contributed by atoms with Crippen molar-refractivity contribution in [3.05, 3.63) is 23.0 Å². The number of rotatable bonds is 10. The number of aromatic nitrogens is 9. The van der Waals surface area contributed by atoms with Crippen LogP contribution in [0.4, 0.5) is 16.2 Å². The van der Waals surface area contributed by atoms with Gasteiger partial charge in [0, 0.05) is 21.8 Å². The molecule has 3 unspecified atom stereocenters. The van der Waals surface area contributed by atoms with E-state index in [2.05, 4.69) is 49.6 Å². The third-order valence-corrected chi connectivity index (χ3v) is 7.41. The Labute approximate surface area is 236 Å². The number of anilines is 2. The summed E-state index contributed by atoms with van der Waals surface area (Å²) in [6.07, 6.45) is -5.05. The van der Waals surface area contributed by atoms with Gasteiger partial charge in [0.15, 0.2) is 53.8 Å². The Morgan fingerprint density at radius 1 is 1.21 bits per heavy atom. The molecule has 9 atom stereocenters. The maximum absolute atomic E-state index is 15.8. The van der Waals surface area contributed by atoms with E-state index in [1.54, 1.807) is 0 Å². The van der Waals surface area contributed by atoms with Gasteiger partial charge in [-0.15, -0.1) is 5.10 Å². The van der Waals surface area contributed by atoms with Crippen molar-refractivity contribution in [2.75, 3.05) is 18.1 Å². The quantitative estimate of drug-likeness (QED) is 0.0648. The Kier molecular flexibility index (Phi) is 7.94. The van der Waals surface area contributed by atoms with Gasteiger partial charge in [0.25, 0.3) is 5.56 Å². The van der Waals surface area contributed by atoms with Crippen molar-refractivity contribution in [1.29, 1.82) is 0 Å². The SMILES string of the molecule is Nc1nc2c(nnn2[C@@H]2OC(OC(O)CC[C@H]3[C@H](F)[C@H](n4cnc5c(N)ncnc54)O[C@@H]3COP)C[C@H]2OO)c(=O)[nH]1. The van der Waals surface area contributed by atoms with E-state index in [4.69, 9.17) is 30.2 Å². The molecule has 0 spiro atoms. The number of hydrogen-bond acceptors (Lipinski definition) is 16. The van der Waals surface area contributed by atoms with E-state index in [0.29, 0.717) is 11.2 Å². The summed E-state index contributed by atoms with van der Waals surface area (Å²) in [4.78, 5) is 35.2. The smallest absolute Gasteiger partial charge is 0.282 e. The second kappa shape index (κ2) is 11.7. The summed E-state index contributed by atoms with van der Waals surface area (Å²) in [6.45, 7) is 0.0726. The number of hydrogen-bond donors (Lipinski definition) is 5. The molecule has 6 heterocycles. The molecule has 2 aliphatic heterocycles. The lowest BCUT2D eigenvalue weighted by Crippen LogP contribution is -2.28. The average Bonchev–Trinajstić information content (AvgIpc) is 3.73. The van der Waals surface area contributed by atoms with Gasteiger partial charge in [0.05, 0.1) is 19.0 Å². The maximum Gasteiger partial charge on any atom is 0.282 e. The predicted octanol–water partition coefficient (Wildman–Crippen LogP) is -0.604. The third kappa shape index (κ3) is 5.15. The van der Waals surface area contributed by atoms with Crippen molar-refractivity contribution in [3.63, 3.8) is 0 Å². The molecule has 2 saturated heterocycles. The third-order valence-electron chi connectivity index (χ3n) is 7.21. The highest BCUT2D eigenvalue weighted by molar-refractivity contribution is 7.09. The van der Waals surface area contributed by atoms with Crippen LogP contribution in [0.15, 0.2) is 17.4 Å². The molecular formula is C21H27FN11O8P. The second-order valence-corrected chi connectivity index (χ2v) is 10.1. The van der Waals surface area contributed by atoms with Crippen LogP contribution in [0.2, 0.25) is 0 Å². The molecule has 42 heavy (non-hydrogen) atoms. The zero-order valence-corrected chi connectivity index (χ0v) is 22.8. The van der Waals surface area contributed by atoms with Crippen molar-refractivity contribution in [2.45, 2.75) is 62.7 Å². The number of aliphatic hydroxyl groups is 1. The normalized spacial score (nSPS) is 28.7. The number of H-pyrrole nitrogens is 1. The summed E-state index contributed by atoms with van der Waals surface area (Å²) >= 11 is 0. The molecule has 0 saturated carbocycles. The lowest BCUT2D eigenvalue weighted by molar-refractivity contribution is -0.295. The van der Waals surface area contributed by atoms with Crippen LogP contribution >= 0.6 is 9.47 Å². The zero-order valence-electron chi connectivity index (χ0n) is 21.6. The number of halogens is 1. The number of nitrogens with two attached hydrogens (primary N) is 2. The minimum absolute atomic E-state index is 0.00319. The molecule has 0 bridgehead atoms. The second-order valence-electron chi connectivity index (χ2n) is 9.75. The van der Waals surface area contributed by atoms with E-state index in [0.717, 1.165) is 4.68 Å². The van der Waals surface area contributed by atoms with Gasteiger partial charge >= 0.3 is 0 Å². The Bertz CT molecular complexity index is 1620. The Morgan fingerprint density at radius 2 is 2.05 bits per heavy atom. The molecular weight excluding hydrogens is 584 g/mol. The fourth-order valence-electron chi connectivity index (χ4n) is 5.26. The Hall–Kier alpha value is -3.49. The van der Waals surface area contributed by atoms with Crippen LogP contribution in [-0.4, -0.2) is 92.4 Å². The molecule has 4 aromatic rings. The molecule has 19 nitrogen and oxygen atoms in total. The van der Waals surface area contributed by atoms with Crippen LogP contribution < -0.4 is 17.0 Å². The van der Waals surface area contributed by atoms with Crippen LogP contribution in [0.25, 0.3) is 22.3 Å². The van der Waals surface area contributed by atoms with E-state index in [1.165, 1.54) is 17.2 Å². The number of nitrogens with one attached hydrogen (secondary N) is 1. The van der Waals surface area contributed by atoms with Gasteiger partial charge in [0.2, 0.25) is 5.95 Å². The van der Waals surface area contributed by atoms with Crippen LogP contribution in [0.5, 0.6) is 0 Å². The summed E-state index contributed by atoms with van der Waals surface area (Å²) in [5.74, 6) is -0.704. The molecule has 0 amide bonds. The molecule has 2 fully saturated rings. The average molecular weight is 611 g/mol. The molecule has 4 aromatic heterocycles. The van der Waals surface area contributed by atoms with Gasteiger partial charge in [-0.1, -0.05) is 5.21 Å². The largest absolute Gasteiger partial charge is 0.382 e. The first-order chi connectivity index (χ1) is 20.3. The van der Waals surface area contributed by atoms with Crippen LogP contribution in [0.1, 0.15) is 31.7 Å². The number of alkyl halides is 1. The zero-order chi connectivity index (χ0) is 29.5. The van der Waals surface area contributed by atoms with Crippen LogP contribution in [0.3, 0.4) is 0 Å². The number of aliphatic hydroxyl groups excluding tert-OH is 1. The molecule has 226 valence electrons. The highest BCUT2D eigenvalue weighted by atomic mass is 31.0. The van der Waals surface area contributed by atoms with Gasteiger partial charge in [-0.3, -0.25) is 19.6 Å². The standard InChI is InChI=1S/C21H27FN11O8P/c22-12-7(9(4-37-42)38-20(12)32-6-27-13-15(23)25-5-26-16(13)32)1-2-10(34)39-11-3-8(41-36)19(40-11)33-17-14(30-31-33)18(35)29-21(24)28-17/h5-12,19-20,34,36H,1-4,42H2,(H2,23,25,26)(H3,24,28,29,35)/t7-,8-,9-,10?,11?,12+,19-,20-/m1/s1. The fraction of sp³-hybridized carbons (Fsp3) is 0.571. The van der Waals surface area contributed by atoms with E-state index in [9.17, 15) is 15.2 Å². The number of nitrogens with zero attached hydrogens (tertiary/aromatic N) is 8. The van der Waals surface area contributed by atoms with Gasteiger partial charge in [-0.05, 0) is 12.8 Å². The van der Waals surface area contributed by atoms with Crippen LogP contribution in [-0.2, 0) is 23.6 Å². The van der Waals surface area contributed by atoms with E-state index in [1.807, 2.05) is 0 Å². The monoisotopic (exact) mass is 611 g/mol. The minimum Gasteiger partial charge on any atom is -0.382 e. The van der Waals surface area contributed by atoms with Crippen molar-refractivity contribution >= 4 is 43.6 Å². The van der Waals surface area contributed by atoms with Crippen molar-refractivity contribution < 1.29 is 38.4 Å². The molecule has 6 rings (SSSR count). The molecule has 2 aliphatic rings. The summed E-state index contributed by atoms with van der Waals surface area (Å²) in [6, 6.07) is 0. The number of nitrogen functional groups attached to an aromatic ring is 2. The minimum atomic E-state index is -1.51. The van der Waals surface area contributed by atoms with Crippen molar-refractivity contribution in [2.24, 2.45) is 5.92 Å². The number of aromatic amines is 1. The van der Waals surface area contributed by atoms with Gasteiger partial charge in [-0.25, -0.2) is 24.2 Å². The summed E-state index contributed by atoms with van der Waals surface area (Å²) in [7, 11) is 2.11. The molecule has 21 heteroatoms. The molecule has 0 aromatic carbocycles. The Morgan fingerprint density at radius 3 is 2.83 bits per heavy atom. The summed E-state index contributed by atoms with van der Waals surface area (Å²) in [5, 5.41) is 27.7. The number of ether oxygens (including phenoxy) is 3. The van der Waals surface area contributed by atoms with E-state index in [-0.39, 0.29) is 48.8 Å². The summed E-state index contributed by atoms with van der Waals surface area (Å²) < 4.78 is 40.9. The highest BCUT2D eigenvalue weighted by Crippen LogP contribution is 2.41. The number of fused-ring (bicyclic) bond motifs is 2. The van der Waals surface area contributed by atoms with Gasteiger partial charge < -0.3 is 35.3 Å². The Balaban J connectivity index is 1.11. The molecule has 0 radical (unpaired) electrons.